The Labute approximate surface area is 379 Å². The van der Waals surface area contributed by atoms with E-state index >= 15 is 0 Å². The molecule has 0 spiro atoms. The second kappa shape index (κ2) is 27.3. The number of hydrogen-bond acceptors (Lipinski definition) is 5. The van der Waals surface area contributed by atoms with Crippen molar-refractivity contribution in [1.29, 1.82) is 0 Å². The lowest BCUT2D eigenvalue weighted by Gasteiger charge is -2.36. The summed E-state index contributed by atoms with van der Waals surface area (Å²) in [6.45, 7) is 7.11. The van der Waals surface area contributed by atoms with Crippen molar-refractivity contribution in [1.82, 2.24) is 20.9 Å². The molecular formula is C55H76N4O4. The molecule has 0 bridgehead atoms. The lowest BCUT2D eigenvalue weighted by molar-refractivity contribution is -0.128. The van der Waals surface area contributed by atoms with Gasteiger partial charge in [-0.05, 0) is 159 Å². The Hall–Kier alpha value is -4.95. The normalized spacial score (nSPS) is 16.5. The fraction of sp³-hybridized carbons (Fsp3) is 0.509. The van der Waals surface area contributed by atoms with Crippen molar-refractivity contribution in [2.45, 2.75) is 166 Å². The SMILES string of the molecule is CC(C)(C)OC(=O)N1CCCCC1C(=O)NC(CCCc1ccccc1)CCCc1ccccc1.O=C(NC(CCCc1ccccc1)CCCc1ccccc1)C1CCCCN1. The van der Waals surface area contributed by atoms with Crippen molar-refractivity contribution in [2.75, 3.05) is 13.1 Å². The van der Waals surface area contributed by atoms with Crippen LogP contribution < -0.4 is 16.0 Å². The molecule has 3 amide bonds. The molecule has 4 aromatic rings. The molecule has 2 unspecified atom stereocenters. The third kappa shape index (κ3) is 19.1. The molecule has 0 radical (unpaired) electrons. The predicted molar refractivity (Wildman–Crippen MR) is 258 cm³/mol. The number of ether oxygens (including phenoxy) is 1. The molecule has 3 N–H and O–H groups in total. The van der Waals surface area contributed by atoms with Crippen molar-refractivity contribution in [3.8, 4) is 0 Å². The van der Waals surface area contributed by atoms with E-state index < -0.39 is 11.6 Å². The molecule has 2 fully saturated rings. The van der Waals surface area contributed by atoms with Crippen LogP contribution in [0.4, 0.5) is 4.79 Å². The number of piperidine rings is 2. The number of rotatable bonds is 20. The topological polar surface area (TPSA) is 99.8 Å². The van der Waals surface area contributed by atoms with Gasteiger partial charge in [-0.1, -0.05) is 128 Å². The number of carbonyl (C=O) groups is 3. The van der Waals surface area contributed by atoms with Gasteiger partial charge in [-0.2, -0.15) is 0 Å². The Bertz CT molecular complexity index is 1770. The number of aryl methyl sites for hydroxylation is 4. The van der Waals surface area contributed by atoms with Gasteiger partial charge < -0.3 is 20.7 Å². The summed E-state index contributed by atoms with van der Waals surface area (Å²) in [6, 6.07) is 42.2. The summed E-state index contributed by atoms with van der Waals surface area (Å²) in [5.74, 6) is 0.157. The summed E-state index contributed by atoms with van der Waals surface area (Å²) < 4.78 is 5.60. The zero-order valence-electron chi connectivity index (χ0n) is 38.6. The Morgan fingerprint density at radius 1 is 0.571 bits per heavy atom. The highest BCUT2D eigenvalue weighted by Gasteiger charge is 2.35. The predicted octanol–water partition coefficient (Wildman–Crippen LogP) is 11.0. The third-order valence-electron chi connectivity index (χ3n) is 12.2. The molecular weight excluding hydrogens is 781 g/mol. The summed E-state index contributed by atoms with van der Waals surface area (Å²) in [5.41, 5.74) is 4.83. The van der Waals surface area contributed by atoms with E-state index in [0.29, 0.717) is 13.0 Å². The van der Waals surface area contributed by atoms with Crippen LogP contribution in [0, 0.1) is 0 Å². The van der Waals surface area contributed by atoms with Gasteiger partial charge in [0.05, 0.1) is 6.04 Å². The van der Waals surface area contributed by atoms with E-state index in [2.05, 4.69) is 125 Å². The molecule has 4 aromatic carbocycles. The van der Waals surface area contributed by atoms with Crippen LogP contribution in [0.3, 0.4) is 0 Å². The highest BCUT2D eigenvalue weighted by atomic mass is 16.6. The van der Waals surface area contributed by atoms with Gasteiger partial charge in [-0.15, -0.1) is 0 Å². The fourth-order valence-electron chi connectivity index (χ4n) is 8.78. The smallest absolute Gasteiger partial charge is 0.410 e. The molecule has 2 aliphatic rings. The molecule has 8 nitrogen and oxygen atoms in total. The average molecular weight is 857 g/mol. The van der Waals surface area contributed by atoms with Crippen LogP contribution in [0.25, 0.3) is 0 Å². The van der Waals surface area contributed by atoms with Gasteiger partial charge in [-0.25, -0.2) is 4.79 Å². The maximum Gasteiger partial charge on any atom is 0.410 e. The molecule has 2 saturated heterocycles. The summed E-state index contributed by atoms with van der Waals surface area (Å²) >= 11 is 0. The van der Waals surface area contributed by atoms with Gasteiger partial charge in [0, 0.05) is 18.6 Å². The van der Waals surface area contributed by atoms with Crippen LogP contribution >= 0.6 is 0 Å². The van der Waals surface area contributed by atoms with Crippen LogP contribution in [-0.2, 0) is 40.0 Å². The van der Waals surface area contributed by atoms with E-state index in [4.69, 9.17) is 4.74 Å². The average Bonchev–Trinajstić information content (AvgIpc) is 3.30. The van der Waals surface area contributed by atoms with Crippen molar-refractivity contribution in [3.63, 3.8) is 0 Å². The minimum Gasteiger partial charge on any atom is -0.444 e. The zero-order valence-corrected chi connectivity index (χ0v) is 38.6. The number of nitrogens with zero attached hydrogens (tertiary/aromatic N) is 1. The standard InChI is InChI=1S/C30H42N2O3.C25H34N2O/c1-30(2,3)35-29(34)32-23-11-10-22-27(32)28(33)31-26(20-12-18-24-14-6-4-7-15-24)21-13-19-25-16-8-5-9-17-25;28-25(24-19-7-8-20-26-24)27-23(17-9-15-21-11-3-1-4-12-21)18-10-16-22-13-5-2-6-14-22/h4-9,14-17,26-27H,10-13,18-23H2,1-3H3,(H,31,33);1-6,11-14,23-24,26H,7-10,15-20H2,(H,27,28). The molecule has 0 aromatic heterocycles. The van der Waals surface area contributed by atoms with Crippen LogP contribution in [0.5, 0.6) is 0 Å². The summed E-state index contributed by atoms with van der Waals surface area (Å²) in [7, 11) is 0. The first kappa shape index (κ1) is 49.1. The fourth-order valence-corrected chi connectivity index (χ4v) is 8.78. The molecule has 2 heterocycles. The maximum atomic E-state index is 13.4. The Morgan fingerprint density at radius 2 is 0.968 bits per heavy atom. The molecule has 63 heavy (non-hydrogen) atoms. The van der Waals surface area contributed by atoms with E-state index in [1.165, 1.54) is 28.7 Å². The number of carbonyl (C=O) groups excluding carboxylic acids is 3. The first-order valence-electron chi connectivity index (χ1n) is 24.1. The summed E-state index contributed by atoms with van der Waals surface area (Å²) in [6.07, 6.45) is 17.8. The minimum absolute atomic E-state index is 0.000466. The monoisotopic (exact) mass is 857 g/mol. The van der Waals surface area contributed by atoms with Gasteiger partial charge in [0.15, 0.2) is 0 Å². The Kier molecular flexibility index (Phi) is 21.3. The molecule has 8 heteroatoms. The van der Waals surface area contributed by atoms with Crippen LogP contribution in [0.1, 0.15) is 133 Å². The van der Waals surface area contributed by atoms with Crippen LogP contribution in [0.2, 0.25) is 0 Å². The van der Waals surface area contributed by atoms with Crippen LogP contribution in [-0.4, -0.2) is 65.7 Å². The van der Waals surface area contributed by atoms with Crippen molar-refractivity contribution >= 4 is 17.9 Å². The lowest BCUT2D eigenvalue weighted by Crippen LogP contribution is -2.54. The van der Waals surface area contributed by atoms with Crippen molar-refractivity contribution < 1.29 is 19.1 Å². The van der Waals surface area contributed by atoms with Gasteiger partial charge in [-0.3, -0.25) is 14.5 Å². The first-order chi connectivity index (χ1) is 30.6. The van der Waals surface area contributed by atoms with E-state index in [-0.39, 0.29) is 36.0 Å². The Morgan fingerprint density at radius 3 is 1.35 bits per heavy atom. The van der Waals surface area contributed by atoms with Gasteiger partial charge >= 0.3 is 6.09 Å². The number of nitrogens with one attached hydrogen (secondary N) is 3. The minimum atomic E-state index is -0.576. The van der Waals surface area contributed by atoms with Crippen molar-refractivity contribution in [3.05, 3.63) is 144 Å². The number of benzene rings is 4. The largest absolute Gasteiger partial charge is 0.444 e. The maximum absolute atomic E-state index is 13.4. The van der Waals surface area contributed by atoms with Gasteiger partial charge in [0.1, 0.15) is 11.6 Å². The van der Waals surface area contributed by atoms with E-state index in [0.717, 1.165) is 109 Å². The highest BCUT2D eigenvalue weighted by Crippen LogP contribution is 2.22. The lowest BCUT2D eigenvalue weighted by atomic mass is 9.97. The molecule has 2 atom stereocenters. The molecule has 340 valence electrons. The van der Waals surface area contributed by atoms with Gasteiger partial charge in [0.2, 0.25) is 11.8 Å². The van der Waals surface area contributed by atoms with E-state index in [1.807, 2.05) is 32.9 Å². The summed E-state index contributed by atoms with van der Waals surface area (Å²) in [4.78, 5) is 40.5. The van der Waals surface area contributed by atoms with Gasteiger partial charge in [0.25, 0.3) is 0 Å². The quantitative estimate of drug-likeness (QED) is 0.0822. The third-order valence-corrected chi connectivity index (χ3v) is 12.2. The number of likely N-dealkylation sites (tertiary alicyclic amines) is 1. The van der Waals surface area contributed by atoms with E-state index in [9.17, 15) is 14.4 Å². The Balaban J connectivity index is 0.000000243. The van der Waals surface area contributed by atoms with E-state index in [1.54, 1.807) is 4.90 Å². The van der Waals surface area contributed by atoms with Crippen LogP contribution in [0.15, 0.2) is 121 Å². The highest BCUT2D eigenvalue weighted by molar-refractivity contribution is 5.86. The molecule has 0 aliphatic carbocycles. The van der Waals surface area contributed by atoms with Crippen molar-refractivity contribution in [2.24, 2.45) is 0 Å². The molecule has 6 rings (SSSR count). The number of amides is 3. The number of hydrogen-bond donors (Lipinski definition) is 3. The molecule has 0 saturated carbocycles. The second-order valence-corrected chi connectivity index (χ2v) is 18.6. The molecule has 2 aliphatic heterocycles. The second-order valence-electron chi connectivity index (χ2n) is 18.6. The zero-order chi connectivity index (χ0) is 44.5. The summed E-state index contributed by atoms with van der Waals surface area (Å²) in [5, 5.41) is 10.1. The first-order valence-corrected chi connectivity index (χ1v) is 24.1.